The van der Waals surface area contributed by atoms with Crippen LogP contribution in [0.4, 0.5) is 0 Å². The van der Waals surface area contributed by atoms with Gasteiger partial charge in [0.1, 0.15) is 13.2 Å². The number of hydrogen-bond donors (Lipinski definition) is 0. The maximum atomic E-state index is 9.04. The van der Waals surface area contributed by atoms with Crippen molar-refractivity contribution in [2.45, 2.75) is 6.92 Å². The minimum atomic E-state index is 0.628. The molecule has 0 fully saturated rings. The molecule has 4 heteroatoms. The van der Waals surface area contributed by atoms with Crippen molar-refractivity contribution >= 4 is 22.5 Å². The monoisotopic (exact) mass is 220 g/mol. The molecular formula is C11H9ClN2O. The SMILES string of the molecule is COn1c(C)c(C#N)c2ccc(Cl)cc21. The maximum absolute atomic E-state index is 9.04. The summed E-state index contributed by atoms with van der Waals surface area (Å²) < 4.78 is 1.61. The van der Waals surface area contributed by atoms with Crippen LogP contribution in [0.5, 0.6) is 0 Å². The Labute approximate surface area is 92.4 Å². The largest absolute Gasteiger partial charge is 0.417 e. The molecule has 2 rings (SSSR count). The second kappa shape index (κ2) is 3.48. The normalized spacial score (nSPS) is 10.3. The Morgan fingerprint density at radius 1 is 1.47 bits per heavy atom. The first kappa shape index (κ1) is 9.88. The molecular weight excluding hydrogens is 212 g/mol. The van der Waals surface area contributed by atoms with Crippen molar-refractivity contribution in [1.82, 2.24) is 4.73 Å². The van der Waals surface area contributed by atoms with Crippen LogP contribution in [-0.4, -0.2) is 11.8 Å². The summed E-state index contributed by atoms with van der Waals surface area (Å²) in [6, 6.07) is 7.55. The van der Waals surface area contributed by atoms with Gasteiger partial charge in [0.15, 0.2) is 0 Å². The third kappa shape index (κ3) is 1.34. The predicted octanol–water partition coefficient (Wildman–Crippen LogP) is 2.53. The first-order chi connectivity index (χ1) is 7.19. The highest BCUT2D eigenvalue weighted by Crippen LogP contribution is 2.26. The zero-order valence-corrected chi connectivity index (χ0v) is 9.17. The number of nitriles is 1. The number of benzene rings is 1. The van der Waals surface area contributed by atoms with E-state index in [1.807, 2.05) is 13.0 Å². The third-order valence-corrected chi connectivity index (χ3v) is 2.64. The maximum Gasteiger partial charge on any atom is 0.104 e. The highest BCUT2D eigenvalue weighted by Gasteiger charge is 2.14. The van der Waals surface area contributed by atoms with Gasteiger partial charge in [0.2, 0.25) is 0 Å². The minimum Gasteiger partial charge on any atom is -0.417 e. The van der Waals surface area contributed by atoms with Crippen molar-refractivity contribution in [3.05, 3.63) is 34.5 Å². The first-order valence-corrected chi connectivity index (χ1v) is 4.82. The second-order valence-corrected chi connectivity index (χ2v) is 3.65. The zero-order chi connectivity index (χ0) is 11.0. The molecule has 0 unspecified atom stereocenters. The van der Waals surface area contributed by atoms with E-state index in [-0.39, 0.29) is 0 Å². The molecule has 3 nitrogen and oxygen atoms in total. The van der Waals surface area contributed by atoms with Crippen LogP contribution in [0.1, 0.15) is 11.3 Å². The van der Waals surface area contributed by atoms with E-state index in [4.69, 9.17) is 21.7 Å². The highest BCUT2D eigenvalue weighted by atomic mass is 35.5. The summed E-state index contributed by atoms with van der Waals surface area (Å²) >= 11 is 5.90. The molecule has 0 radical (unpaired) electrons. The fourth-order valence-corrected chi connectivity index (χ4v) is 1.90. The number of aromatic nitrogens is 1. The molecule has 0 aliphatic carbocycles. The van der Waals surface area contributed by atoms with Crippen molar-refractivity contribution < 1.29 is 4.84 Å². The quantitative estimate of drug-likeness (QED) is 0.741. The topological polar surface area (TPSA) is 38.0 Å². The van der Waals surface area contributed by atoms with E-state index >= 15 is 0 Å². The molecule has 0 aliphatic rings. The average molecular weight is 221 g/mol. The van der Waals surface area contributed by atoms with Crippen molar-refractivity contribution in [3.8, 4) is 6.07 Å². The standard InChI is InChI=1S/C11H9ClN2O/c1-7-10(6-13)9-4-3-8(12)5-11(9)14(7)15-2/h3-5H,1-2H3. The van der Waals surface area contributed by atoms with E-state index < -0.39 is 0 Å². The van der Waals surface area contributed by atoms with Crippen LogP contribution in [0.2, 0.25) is 5.02 Å². The number of halogens is 1. The molecule has 2 aromatic rings. The van der Waals surface area contributed by atoms with Crippen molar-refractivity contribution in [3.63, 3.8) is 0 Å². The number of hydrogen-bond acceptors (Lipinski definition) is 2. The third-order valence-electron chi connectivity index (χ3n) is 2.41. The molecule has 1 aromatic carbocycles. The van der Waals surface area contributed by atoms with E-state index in [0.717, 1.165) is 16.6 Å². The number of rotatable bonds is 1. The Morgan fingerprint density at radius 2 is 2.20 bits per heavy atom. The van der Waals surface area contributed by atoms with Gasteiger partial charge in [0.25, 0.3) is 0 Å². The highest BCUT2D eigenvalue weighted by molar-refractivity contribution is 6.31. The smallest absolute Gasteiger partial charge is 0.104 e. The van der Waals surface area contributed by atoms with Gasteiger partial charge in [0, 0.05) is 10.4 Å². The lowest BCUT2D eigenvalue weighted by Gasteiger charge is -2.04. The van der Waals surface area contributed by atoms with Crippen LogP contribution < -0.4 is 4.84 Å². The summed E-state index contributed by atoms with van der Waals surface area (Å²) in [5.74, 6) is 0. The molecule has 0 bridgehead atoms. The van der Waals surface area contributed by atoms with Gasteiger partial charge in [-0.05, 0) is 25.1 Å². The average Bonchev–Trinajstić information content (AvgIpc) is 2.48. The molecule has 0 spiro atoms. The molecule has 1 aromatic heterocycles. The lowest BCUT2D eigenvalue weighted by atomic mass is 10.1. The molecule has 0 amide bonds. The summed E-state index contributed by atoms with van der Waals surface area (Å²) in [7, 11) is 1.56. The van der Waals surface area contributed by atoms with Crippen molar-refractivity contribution in [2.24, 2.45) is 0 Å². The molecule has 76 valence electrons. The Morgan fingerprint density at radius 3 is 2.80 bits per heavy atom. The van der Waals surface area contributed by atoms with E-state index in [1.165, 1.54) is 0 Å². The van der Waals surface area contributed by atoms with Crippen LogP contribution in [0, 0.1) is 18.3 Å². The Hall–Kier alpha value is -1.66. The number of fused-ring (bicyclic) bond motifs is 1. The molecule has 1 heterocycles. The fraction of sp³-hybridized carbons (Fsp3) is 0.182. The van der Waals surface area contributed by atoms with Gasteiger partial charge in [-0.2, -0.15) is 9.99 Å². The minimum absolute atomic E-state index is 0.628. The lowest BCUT2D eigenvalue weighted by molar-refractivity contribution is 0.173. The van der Waals surface area contributed by atoms with Crippen molar-refractivity contribution in [2.75, 3.05) is 7.11 Å². The molecule has 0 atom stereocenters. The van der Waals surface area contributed by atoms with Gasteiger partial charge in [-0.15, -0.1) is 0 Å². The predicted molar refractivity (Wildman–Crippen MR) is 58.9 cm³/mol. The van der Waals surface area contributed by atoms with E-state index in [2.05, 4.69) is 6.07 Å². The van der Waals surface area contributed by atoms with Gasteiger partial charge in [-0.3, -0.25) is 0 Å². The molecule has 0 N–H and O–H groups in total. The van der Waals surface area contributed by atoms with Gasteiger partial charge in [-0.1, -0.05) is 11.6 Å². The second-order valence-electron chi connectivity index (χ2n) is 3.21. The van der Waals surface area contributed by atoms with Crippen molar-refractivity contribution in [1.29, 1.82) is 5.26 Å². The molecule has 0 aliphatic heterocycles. The molecule has 15 heavy (non-hydrogen) atoms. The van der Waals surface area contributed by atoms with E-state index in [0.29, 0.717) is 10.6 Å². The molecule has 0 saturated heterocycles. The zero-order valence-electron chi connectivity index (χ0n) is 8.41. The van der Waals surface area contributed by atoms with Crippen LogP contribution in [-0.2, 0) is 0 Å². The van der Waals surface area contributed by atoms with Gasteiger partial charge >= 0.3 is 0 Å². The lowest BCUT2D eigenvalue weighted by Crippen LogP contribution is -2.07. The van der Waals surface area contributed by atoms with Crippen LogP contribution in [0.25, 0.3) is 10.9 Å². The summed E-state index contributed by atoms with van der Waals surface area (Å²) in [5, 5.41) is 10.5. The van der Waals surface area contributed by atoms with Crippen LogP contribution in [0.3, 0.4) is 0 Å². The summed E-state index contributed by atoms with van der Waals surface area (Å²) in [6.07, 6.45) is 0. The van der Waals surface area contributed by atoms with Crippen LogP contribution in [0.15, 0.2) is 18.2 Å². The summed E-state index contributed by atoms with van der Waals surface area (Å²) in [6.45, 7) is 1.84. The fourth-order valence-electron chi connectivity index (χ4n) is 1.74. The van der Waals surface area contributed by atoms with Crippen LogP contribution >= 0.6 is 11.6 Å². The van der Waals surface area contributed by atoms with Gasteiger partial charge in [0.05, 0.1) is 16.8 Å². The molecule has 0 saturated carbocycles. The van der Waals surface area contributed by atoms with E-state index in [9.17, 15) is 0 Å². The summed E-state index contributed by atoms with van der Waals surface area (Å²) in [4.78, 5) is 5.20. The Kier molecular flexibility index (Phi) is 2.29. The van der Waals surface area contributed by atoms with Gasteiger partial charge in [-0.25, -0.2) is 0 Å². The van der Waals surface area contributed by atoms with Gasteiger partial charge < -0.3 is 4.84 Å². The number of nitrogens with zero attached hydrogens (tertiary/aromatic N) is 2. The Balaban J connectivity index is 2.93. The first-order valence-electron chi connectivity index (χ1n) is 4.44. The summed E-state index contributed by atoms with van der Waals surface area (Å²) in [5.41, 5.74) is 2.24. The Bertz CT molecular complexity index is 566. The van der Waals surface area contributed by atoms with E-state index in [1.54, 1.807) is 24.0 Å².